The van der Waals surface area contributed by atoms with Crippen molar-refractivity contribution in [3.63, 3.8) is 0 Å². The molecule has 0 aliphatic heterocycles. The molecular formula is C25H28N2O4S. The fourth-order valence-corrected chi connectivity index (χ4v) is 4.14. The Morgan fingerprint density at radius 2 is 1.62 bits per heavy atom. The predicted octanol–water partition coefficient (Wildman–Crippen LogP) is 4.54. The first-order chi connectivity index (χ1) is 15.3. The molecule has 3 rings (SSSR count). The topological polar surface area (TPSA) is 75.7 Å². The number of amides is 1. The van der Waals surface area contributed by atoms with E-state index in [1.807, 2.05) is 62.4 Å². The lowest BCUT2D eigenvalue weighted by Gasteiger charge is -2.23. The van der Waals surface area contributed by atoms with Crippen LogP contribution in [0.1, 0.15) is 23.6 Å². The molecule has 0 unspecified atom stereocenters. The van der Waals surface area contributed by atoms with Gasteiger partial charge in [0.25, 0.3) is 5.91 Å². The molecule has 0 aliphatic rings. The third-order valence-electron chi connectivity index (χ3n) is 5.01. The van der Waals surface area contributed by atoms with E-state index in [1.165, 1.54) is 10.6 Å². The van der Waals surface area contributed by atoms with Crippen LogP contribution in [-0.2, 0) is 27.8 Å². The van der Waals surface area contributed by atoms with Gasteiger partial charge in [-0.3, -0.25) is 9.10 Å². The van der Waals surface area contributed by atoms with Crippen molar-refractivity contribution in [1.82, 2.24) is 0 Å². The summed E-state index contributed by atoms with van der Waals surface area (Å²) >= 11 is 0. The van der Waals surface area contributed by atoms with Crippen molar-refractivity contribution >= 4 is 27.3 Å². The molecular weight excluding hydrogens is 424 g/mol. The van der Waals surface area contributed by atoms with Crippen LogP contribution < -0.4 is 14.4 Å². The van der Waals surface area contributed by atoms with E-state index in [4.69, 9.17) is 4.74 Å². The lowest BCUT2D eigenvalue weighted by atomic mass is 10.1. The second kappa shape index (κ2) is 10.3. The van der Waals surface area contributed by atoms with E-state index < -0.39 is 10.0 Å². The van der Waals surface area contributed by atoms with E-state index in [-0.39, 0.29) is 19.1 Å². The molecule has 3 aromatic rings. The number of hydrogen-bond donors (Lipinski definition) is 1. The quantitative estimate of drug-likeness (QED) is 0.517. The zero-order valence-corrected chi connectivity index (χ0v) is 19.4. The standard InChI is InChI=1S/C25H28N2O4S/c1-4-21-7-5-6-8-24(21)26-25(28)18-31-23-15-13-22(14-16-23)27(32(3,29)30)17-20-11-9-19(2)10-12-20/h5-16H,4,17-18H2,1-3H3,(H,26,28). The molecule has 0 spiro atoms. The summed E-state index contributed by atoms with van der Waals surface area (Å²) in [4.78, 5) is 12.3. The zero-order valence-electron chi connectivity index (χ0n) is 18.5. The van der Waals surface area contributed by atoms with Gasteiger partial charge in [-0.15, -0.1) is 0 Å². The maximum absolute atomic E-state index is 12.4. The Morgan fingerprint density at radius 1 is 0.969 bits per heavy atom. The Bertz CT molecular complexity index is 1160. The number of ether oxygens (including phenoxy) is 1. The summed E-state index contributed by atoms with van der Waals surface area (Å²) < 4.78 is 31.7. The Morgan fingerprint density at radius 3 is 2.25 bits per heavy atom. The molecule has 0 heterocycles. The van der Waals surface area contributed by atoms with E-state index in [0.717, 1.165) is 28.8 Å². The minimum atomic E-state index is -3.48. The van der Waals surface area contributed by atoms with Crippen molar-refractivity contribution in [2.24, 2.45) is 0 Å². The van der Waals surface area contributed by atoms with Crippen molar-refractivity contribution in [2.45, 2.75) is 26.8 Å². The largest absolute Gasteiger partial charge is 0.484 e. The average molecular weight is 453 g/mol. The van der Waals surface area contributed by atoms with Crippen LogP contribution in [0.4, 0.5) is 11.4 Å². The number of carbonyl (C=O) groups is 1. The highest BCUT2D eigenvalue weighted by Gasteiger charge is 2.18. The second-order valence-corrected chi connectivity index (χ2v) is 9.50. The molecule has 0 radical (unpaired) electrons. The number of rotatable bonds is 9. The van der Waals surface area contributed by atoms with Crippen LogP contribution in [0.5, 0.6) is 5.75 Å². The summed E-state index contributed by atoms with van der Waals surface area (Å²) in [5.74, 6) is 0.226. The molecule has 0 aliphatic carbocycles. The maximum atomic E-state index is 12.4. The number of aryl methyl sites for hydroxylation is 2. The summed E-state index contributed by atoms with van der Waals surface area (Å²) in [6, 6.07) is 22.1. The molecule has 0 bridgehead atoms. The summed E-state index contributed by atoms with van der Waals surface area (Å²) in [5, 5.41) is 2.86. The number of hydrogen-bond acceptors (Lipinski definition) is 4. The van der Waals surface area contributed by atoms with Crippen LogP contribution in [0.3, 0.4) is 0 Å². The predicted molar refractivity (Wildman–Crippen MR) is 129 cm³/mol. The number of anilines is 2. The smallest absolute Gasteiger partial charge is 0.262 e. The van der Waals surface area contributed by atoms with Gasteiger partial charge in [0.05, 0.1) is 18.5 Å². The van der Waals surface area contributed by atoms with Gasteiger partial charge < -0.3 is 10.1 Å². The molecule has 0 saturated carbocycles. The normalized spacial score (nSPS) is 11.1. The first-order valence-electron chi connectivity index (χ1n) is 10.4. The number of nitrogens with one attached hydrogen (secondary N) is 1. The molecule has 32 heavy (non-hydrogen) atoms. The molecule has 7 heteroatoms. The molecule has 0 saturated heterocycles. The first kappa shape index (κ1) is 23.3. The molecule has 0 fully saturated rings. The third kappa shape index (κ3) is 6.34. The van der Waals surface area contributed by atoms with Crippen LogP contribution in [0.15, 0.2) is 72.8 Å². The lowest BCUT2D eigenvalue weighted by molar-refractivity contribution is -0.118. The zero-order chi connectivity index (χ0) is 23.1. The monoisotopic (exact) mass is 452 g/mol. The van der Waals surface area contributed by atoms with Gasteiger partial charge in [0.15, 0.2) is 6.61 Å². The highest BCUT2D eigenvalue weighted by molar-refractivity contribution is 7.92. The second-order valence-electron chi connectivity index (χ2n) is 7.60. The summed E-state index contributed by atoms with van der Waals surface area (Å²) in [6.45, 7) is 4.11. The van der Waals surface area contributed by atoms with Gasteiger partial charge in [0, 0.05) is 5.69 Å². The van der Waals surface area contributed by atoms with Gasteiger partial charge in [0.1, 0.15) is 5.75 Å². The number of carbonyl (C=O) groups excluding carboxylic acids is 1. The fraction of sp³-hybridized carbons (Fsp3) is 0.240. The van der Waals surface area contributed by atoms with E-state index >= 15 is 0 Å². The SMILES string of the molecule is CCc1ccccc1NC(=O)COc1ccc(N(Cc2ccc(C)cc2)S(C)(=O)=O)cc1. The fourth-order valence-electron chi connectivity index (χ4n) is 3.25. The molecule has 0 atom stereocenters. The van der Waals surface area contributed by atoms with Crippen LogP contribution in [0.25, 0.3) is 0 Å². The Kier molecular flexibility index (Phi) is 7.53. The van der Waals surface area contributed by atoms with Gasteiger partial charge >= 0.3 is 0 Å². The molecule has 1 N–H and O–H groups in total. The number of nitrogens with zero attached hydrogens (tertiary/aromatic N) is 1. The van der Waals surface area contributed by atoms with Gasteiger partial charge in [-0.05, 0) is 54.8 Å². The van der Waals surface area contributed by atoms with Crippen LogP contribution in [0.2, 0.25) is 0 Å². The van der Waals surface area contributed by atoms with Crippen molar-refractivity contribution in [1.29, 1.82) is 0 Å². The van der Waals surface area contributed by atoms with Crippen LogP contribution >= 0.6 is 0 Å². The van der Waals surface area contributed by atoms with E-state index in [9.17, 15) is 13.2 Å². The number of para-hydroxylation sites is 1. The minimum Gasteiger partial charge on any atom is -0.484 e. The van der Waals surface area contributed by atoms with Gasteiger partial charge in [0.2, 0.25) is 10.0 Å². The van der Waals surface area contributed by atoms with Crippen molar-refractivity contribution in [2.75, 3.05) is 22.5 Å². The number of sulfonamides is 1. The highest BCUT2D eigenvalue weighted by atomic mass is 32.2. The molecule has 0 aromatic heterocycles. The number of benzene rings is 3. The molecule has 3 aromatic carbocycles. The van der Waals surface area contributed by atoms with E-state index in [0.29, 0.717) is 11.4 Å². The van der Waals surface area contributed by atoms with Crippen LogP contribution in [-0.4, -0.2) is 27.2 Å². The van der Waals surface area contributed by atoms with Crippen molar-refractivity contribution < 1.29 is 17.9 Å². The van der Waals surface area contributed by atoms with Crippen molar-refractivity contribution in [3.05, 3.63) is 89.5 Å². The summed E-state index contributed by atoms with van der Waals surface area (Å²) in [7, 11) is -3.48. The molecule has 1 amide bonds. The first-order valence-corrected chi connectivity index (χ1v) is 12.2. The van der Waals surface area contributed by atoms with Gasteiger partial charge in [-0.25, -0.2) is 8.42 Å². The van der Waals surface area contributed by atoms with Crippen molar-refractivity contribution in [3.8, 4) is 5.75 Å². The van der Waals surface area contributed by atoms with Crippen LogP contribution in [0, 0.1) is 6.92 Å². The van der Waals surface area contributed by atoms with E-state index in [1.54, 1.807) is 24.3 Å². The Hall–Kier alpha value is -3.32. The maximum Gasteiger partial charge on any atom is 0.262 e. The molecule has 168 valence electrons. The summed E-state index contributed by atoms with van der Waals surface area (Å²) in [5.41, 5.74) is 4.37. The van der Waals surface area contributed by atoms with Gasteiger partial charge in [-0.2, -0.15) is 0 Å². The minimum absolute atomic E-state index is 0.142. The van der Waals surface area contributed by atoms with E-state index in [2.05, 4.69) is 5.32 Å². The summed E-state index contributed by atoms with van der Waals surface area (Å²) in [6.07, 6.45) is 2.00. The Labute approximate surface area is 189 Å². The van der Waals surface area contributed by atoms with Gasteiger partial charge in [-0.1, -0.05) is 55.0 Å². The Balaban J connectivity index is 1.64. The highest BCUT2D eigenvalue weighted by Crippen LogP contribution is 2.24. The molecule has 6 nitrogen and oxygen atoms in total. The third-order valence-corrected chi connectivity index (χ3v) is 6.15. The lowest BCUT2D eigenvalue weighted by Crippen LogP contribution is -2.29. The average Bonchev–Trinajstić information content (AvgIpc) is 2.77.